The van der Waals surface area contributed by atoms with Gasteiger partial charge >= 0.3 is 0 Å². The molecule has 258 valence electrons. The van der Waals surface area contributed by atoms with E-state index >= 15 is 0 Å². The lowest BCUT2D eigenvalue weighted by Crippen LogP contribution is -2.01. The van der Waals surface area contributed by atoms with Gasteiger partial charge in [-0.1, -0.05) is 84.9 Å². The van der Waals surface area contributed by atoms with Crippen LogP contribution in [0.1, 0.15) is 5.56 Å². The van der Waals surface area contributed by atoms with Crippen LogP contribution in [0.3, 0.4) is 0 Å². The second-order valence-electron chi connectivity index (χ2n) is 14.3. The monoisotopic (exact) mass is 714 g/mol. The Bertz CT molecular complexity index is 3750. The second-order valence-corrected chi connectivity index (χ2v) is 14.3. The van der Waals surface area contributed by atoms with E-state index < -0.39 is 0 Å². The van der Waals surface area contributed by atoms with E-state index in [1.807, 2.05) is 78.9 Å². The summed E-state index contributed by atoms with van der Waals surface area (Å²) in [5.74, 6) is 0. The molecule has 12 aromatic rings. The summed E-state index contributed by atoms with van der Waals surface area (Å²) in [5.41, 5.74) is 11.5. The summed E-state index contributed by atoms with van der Waals surface area (Å²) in [6.45, 7) is 8.26. The minimum absolute atomic E-state index is 0.493. The number of para-hydroxylation sites is 5. The van der Waals surface area contributed by atoms with Gasteiger partial charge in [-0.15, -0.1) is 0 Å². The van der Waals surface area contributed by atoms with Crippen molar-refractivity contribution in [3.05, 3.63) is 175 Å². The van der Waals surface area contributed by atoms with Crippen molar-refractivity contribution < 1.29 is 8.83 Å². The summed E-state index contributed by atoms with van der Waals surface area (Å²) in [6.07, 6.45) is 0. The first-order valence-corrected chi connectivity index (χ1v) is 18.4. The molecule has 12 rings (SSSR count). The minimum Gasteiger partial charge on any atom is -0.456 e. The zero-order valence-electron chi connectivity index (χ0n) is 29.6. The molecule has 6 heteroatoms. The Balaban J connectivity index is 1.15. The third kappa shape index (κ3) is 4.07. The number of rotatable bonds is 3. The van der Waals surface area contributed by atoms with Gasteiger partial charge in [0.05, 0.1) is 45.3 Å². The van der Waals surface area contributed by atoms with E-state index in [-0.39, 0.29) is 0 Å². The third-order valence-electron chi connectivity index (χ3n) is 11.3. The Morgan fingerprint density at radius 3 is 1.98 bits per heavy atom. The van der Waals surface area contributed by atoms with E-state index in [1.165, 1.54) is 0 Å². The molecular weight excluding hydrogens is 689 g/mol. The van der Waals surface area contributed by atoms with Crippen molar-refractivity contribution in [3.8, 4) is 28.6 Å². The fourth-order valence-electron chi connectivity index (χ4n) is 8.99. The van der Waals surface area contributed by atoms with Crippen LogP contribution in [0.5, 0.6) is 0 Å². The lowest BCUT2D eigenvalue weighted by Gasteiger charge is -2.17. The van der Waals surface area contributed by atoms with Crippen molar-refractivity contribution in [2.45, 2.75) is 0 Å². The molecule has 4 aromatic heterocycles. The highest BCUT2D eigenvalue weighted by Gasteiger charge is 2.23. The largest absolute Gasteiger partial charge is 0.456 e. The fraction of sp³-hybridized carbons (Fsp3) is 0. The van der Waals surface area contributed by atoms with Crippen LogP contribution in [0.2, 0.25) is 0 Å². The molecule has 56 heavy (non-hydrogen) atoms. The Hall–Kier alpha value is -8.06. The Kier molecular flexibility index (Phi) is 6.10. The van der Waals surface area contributed by atoms with E-state index in [9.17, 15) is 5.26 Å². The van der Waals surface area contributed by atoms with Crippen molar-refractivity contribution in [3.63, 3.8) is 0 Å². The molecule has 0 bridgehead atoms. The quantitative estimate of drug-likeness (QED) is 0.171. The van der Waals surface area contributed by atoms with Crippen molar-refractivity contribution in [2.75, 3.05) is 0 Å². The summed E-state index contributed by atoms with van der Waals surface area (Å²) >= 11 is 0. The van der Waals surface area contributed by atoms with Crippen molar-refractivity contribution >= 4 is 93.2 Å². The number of hydrogen-bond acceptors (Lipinski definition) is 3. The minimum atomic E-state index is 0.493. The summed E-state index contributed by atoms with van der Waals surface area (Å²) in [6, 6.07) is 55.9. The first-order chi connectivity index (χ1) is 27.7. The van der Waals surface area contributed by atoms with Gasteiger partial charge in [-0.05, 0) is 72.3 Å². The lowest BCUT2D eigenvalue weighted by atomic mass is 9.98. The predicted octanol–water partition coefficient (Wildman–Crippen LogP) is 13.8. The van der Waals surface area contributed by atoms with Crippen LogP contribution in [-0.4, -0.2) is 9.13 Å². The molecule has 0 aliphatic carbocycles. The highest BCUT2D eigenvalue weighted by molar-refractivity contribution is 6.24. The molecule has 0 amide bonds. The SMILES string of the molecule is [C-]#[N+]c1cc(-c2cccc(C#N)c2-n2c3ccccc3c3cc4c(cc32)oc2ccccc24)cc(-n2c3ccccc3c3c4oc5ccccc5c4ccc32)c1. The molecule has 0 fully saturated rings. The molecule has 0 aliphatic heterocycles. The van der Waals surface area contributed by atoms with Crippen molar-refractivity contribution in [2.24, 2.45) is 0 Å². The van der Waals surface area contributed by atoms with Crippen LogP contribution in [0.25, 0.3) is 115 Å². The van der Waals surface area contributed by atoms with Crippen LogP contribution in [0.4, 0.5) is 5.69 Å². The van der Waals surface area contributed by atoms with Gasteiger partial charge < -0.3 is 18.0 Å². The van der Waals surface area contributed by atoms with Crippen molar-refractivity contribution in [1.29, 1.82) is 5.26 Å². The van der Waals surface area contributed by atoms with E-state index in [0.29, 0.717) is 11.3 Å². The maximum atomic E-state index is 10.7. The number of nitriles is 1. The number of hydrogen-bond donors (Lipinski definition) is 0. The highest BCUT2D eigenvalue weighted by Crippen LogP contribution is 2.44. The molecule has 0 unspecified atom stereocenters. The zero-order valence-corrected chi connectivity index (χ0v) is 29.6. The number of fused-ring (bicyclic) bond motifs is 13. The Morgan fingerprint density at radius 1 is 0.500 bits per heavy atom. The summed E-state index contributed by atoms with van der Waals surface area (Å²) < 4.78 is 17.4. The molecular formula is C50H26N4O2. The molecule has 4 heterocycles. The number of nitrogens with zero attached hydrogens (tertiary/aromatic N) is 4. The molecule has 0 spiro atoms. The first-order valence-electron chi connectivity index (χ1n) is 18.4. The van der Waals surface area contributed by atoms with E-state index in [4.69, 9.17) is 15.4 Å². The summed E-state index contributed by atoms with van der Waals surface area (Å²) in [7, 11) is 0. The maximum absolute atomic E-state index is 10.7. The summed E-state index contributed by atoms with van der Waals surface area (Å²) in [5, 5.41) is 19.2. The summed E-state index contributed by atoms with van der Waals surface area (Å²) in [4.78, 5) is 3.99. The smallest absolute Gasteiger partial charge is 0.189 e. The van der Waals surface area contributed by atoms with Gasteiger partial charge in [-0.3, -0.25) is 0 Å². The van der Waals surface area contributed by atoms with E-state index in [2.05, 4.69) is 98.9 Å². The topological polar surface area (TPSA) is 64.3 Å². The number of benzene rings is 8. The number of aromatic nitrogens is 2. The van der Waals surface area contributed by atoms with Gasteiger partial charge in [0.1, 0.15) is 28.4 Å². The Labute approximate surface area is 318 Å². The molecule has 0 N–H and O–H groups in total. The van der Waals surface area contributed by atoms with Crippen LogP contribution < -0.4 is 0 Å². The maximum Gasteiger partial charge on any atom is 0.189 e. The van der Waals surface area contributed by atoms with Gasteiger partial charge in [0.15, 0.2) is 5.69 Å². The van der Waals surface area contributed by atoms with Gasteiger partial charge in [0.25, 0.3) is 0 Å². The molecule has 6 nitrogen and oxygen atoms in total. The fourth-order valence-corrected chi connectivity index (χ4v) is 8.99. The van der Waals surface area contributed by atoms with Gasteiger partial charge in [-0.25, -0.2) is 4.85 Å². The molecule has 8 aromatic carbocycles. The number of furan rings is 2. The molecule has 0 atom stereocenters. The molecule has 0 saturated carbocycles. The molecule has 0 aliphatic rings. The van der Waals surface area contributed by atoms with Gasteiger partial charge in [0, 0.05) is 55.0 Å². The Morgan fingerprint density at radius 2 is 1.20 bits per heavy atom. The average Bonchev–Trinajstić information content (AvgIpc) is 3.99. The molecule has 0 saturated heterocycles. The van der Waals surface area contributed by atoms with Gasteiger partial charge in [-0.2, -0.15) is 5.26 Å². The van der Waals surface area contributed by atoms with Crippen LogP contribution in [0, 0.1) is 17.9 Å². The highest BCUT2D eigenvalue weighted by atomic mass is 16.3. The van der Waals surface area contributed by atoms with Crippen LogP contribution in [0.15, 0.2) is 167 Å². The van der Waals surface area contributed by atoms with Crippen molar-refractivity contribution in [1.82, 2.24) is 9.13 Å². The lowest BCUT2D eigenvalue weighted by molar-refractivity contribution is 0.669. The zero-order chi connectivity index (χ0) is 37.1. The third-order valence-corrected chi connectivity index (χ3v) is 11.3. The van der Waals surface area contributed by atoms with E-state index in [0.717, 1.165) is 110 Å². The average molecular weight is 715 g/mol. The standard InChI is InChI=1S/C50H26N4O2/c1-52-31-23-30(24-32(25-31)53-42-18-7-3-15-38(42)48-43(53)22-21-37-35-13-4-9-20-46(35)56-50(37)48)33-16-10-11-29(28-51)49(33)54-41-17-6-2-12-34(41)39-26-40-36-14-5-8-19-45(36)55-47(40)27-44(39)54/h2-27H. The van der Waals surface area contributed by atoms with E-state index in [1.54, 1.807) is 0 Å². The van der Waals surface area contributed by atoms with Crippen LogP contribution >= 0.6 is 0 Å². The normalized spacial score (nSPS) is 11.9. The second kappa shape index (κ2) is 11.2. The molecule has 0 radical (unpaired) electrons. The first kappa shape index (κ1) is 30.4. The van der Waals surface area contributed by atoms with Crippen LogP contribution in [-0.2, 0) is 0 Å². The van der Waals surface area contributed by atoms with Gasteiger partial charge in [0.2, 0.25) is 0 Å². The predicted molar refractivity (Wildman–Crippen MR) is 226 cm³/mol.